The van der Waals surface area contributed by atoms with Crippen LogP contribution in [0.1, 0.15) is 19.3 Å². The second-order valence-electron chi connectivity index (χ2n) is 4.00. The van der Waals surface area contributed by atoms with Crippen molar-refractivity contribution in [3.63, 3.8) is 0 Å². The van der Waals surface area contributed by atoms with Crippen LogP contribution < -0.4 is 0 Å². The van der Waals surface area contributed by atoms with Crippen molar-refractivity contribution < 1.29 is 0 Å². The second kappa shape index (κ2) is 1.66. The molecule has 0 spiro atoms. The van der Waals surface area contributed by atoms with Crippen molar-refractivity contribution in [1.82, 2.24) is 0 Å². The van der Waals surface area contributed by atoms with Gasteiger partial charge in [-0.3, -0.25) is 0 Å². The summed E-state index contributed by atoms with van der Waals surface area (Å²) in [4.78, 5) is 0. The highest BCUT2D eigenvalue weighted by Gasteiger charge is 2.46. The smallest absolute Gasteiger partial charge is 0.0194 e. The Kier molecular flexibility index (Phi) is 0.898. The Bertz CT molecular complexity index is 162. The van der Waals surface area contributed by atoms with Crippen LogP contribution in [0.2, 0.25) is 0 Å². The average molecular weight is 133 g/mol. The number of rotatable bonds is 0. The summed E-state index contributed by atoms with van der Waals surface area (Å²) in [6, 6.07) is 0. The molecule has 3 rings (SSSR count). The summed E-state index contributed by atoms with van der Waals surface area (Å²) >= 11 is 0. The second-order valence-corrected chi connectivity index (χ2v) is 4.00. The SMILES string of the molecule is [CH]1CCC2C3C=CC(C3)C12. The van der Waals surface area contributed by atoms with Crippen LogP contribution in [-0.4, -0.2) is 0 Å². The van der Waals surface area contributed by atoms with Crippen LogP contribution in [0.3, 0.4) is 0 Å². The Hall–Kier alpha value is -0.260. The fourth-order valence-electron chi connectivity index (χ4n) is 3.20. The zero-order valence-electron chi connectivity index (χ0n) is 6.16. The number of fused-ring (bicyclic) bond motifs is 5. The highest BCUT2D eigenvalue weighted by molar-refractivity contribution is 5.18. The molecule has 10 heavy (non-hydrogen) atoms. The lowest BCUT2D eigenvalue weighted by atomic mass is 9.86. The topological polar surface area (TPSA) is 0 Å². The number of allylic oxidation sites excluding steroid dienone is 2. The van der Waals surface area contributed by atoms with Crippen molar-refractivity contribution in [2.75, 3.05) is 0 Å². The molecule has 2 bridgehead atoms. The zero-order valence-corrected chi connectivity index (χ0v) is 6.16. The molecular formula is C10H13. The van der Waals surface area contributed by atoms with E-state index in [-0.39, 0.29) is 0 Å². The molecule has 0 saturated heterocycles. The van der Waals surface area contributed by atoms with Crippen LogP contribution in [0.25, 0.3) is 0 Å². The van der Waals surface area contributed by atoms with E-state index in [1.807, 2.05) is 0 Å². The number of hydrogen-bond acceptors (Lipinski definition) is 0. The normalized spacial score (nSPS) is 56.0. The van der Waals surface area contributed by atoms with Gasteiger partial charge in [0.1, 0.15) is 0 Å². The van der Waals surface area contributed by atoms with Gasteiger partial charge in [0.25, 0.3) is 0 Å². The predicted molar refractivity (Wildman–Crippen MR) is 41.3 cm³/mol. The maximum Gasteiger partial charge on any atom is -0.0194 e. The standard InChI is InChI=1S/C10H13/c1-2-9-7-4-5-8(6-7)10(9)3-1/h2,4-5,7-10H,1,3,6H2. The van der Waals surface area contributed by atoms with Gasteiger partial charge in [-0.15, -0.1) is 0 Å². The molecule has 3 aliphatic carbocycles. The molecule has 4 unspecified atom stereocenters. The lowest BCUT2D eigenvalue weighted by Gasteiger charge is -2.19. The van der Waals surface area contributed by atoms with Crippen molar-refractivity contribution >= 4 is 0 Å². The minimum atomic E-state index is 0.956. The van der Waals surface area contributed by atoms with E-state index in [9.17, 15) is 0 Å². The first-order valence-corrected chi connectivity index (χ1v) is 4.47. The zero-order chi connectivity index (χ0) is 6.55. The molecule has 1 radical (unpaired) electrons. The lowest BCUT2D eigenvalue weighted by molar-refractivity contribution is 0.393. The Balaban J connectivity index is 1.99. The summed E-state index contributed by atoms with van der Waals surface area (Å²) in [6.07, 6.45) is 11.8. The van der Waals surface area contributed by atoms with Crippen LogP contribution in [0.15, 0.2) is 12.2 Å². The maximum absolute atomic E-state index is 2.57. The van der Waals surface area contributed by atoms with E-state index in [2.05, 4.69) is 18.6 Å². The highest BCUT2D eigenvalue weighted by Crippen LogP contribution is 2.54. The van der Waals surface area contributed by atoms with E-state index < -0.39 is 0 Å². The Labute approximate surface area is 62.3 Å². The molecule has 0 aromatic carbocycles. The van der Waals surface area contributed by atoms with E-state index in [1.165, 1.54) is 19.3 Å². The largest absolute Gasteiger partial charge is 0.0848 e. The Morgan fingerprint density at radius 1 is 1.10 bits per heavy atom. The van der Waals surface area contributed by atoms with E-state index in [0.717, 1.165) is 23.7 Å². The molecular weight excluding hydrogens is 120 g/mol. The summed E-state index contributed by atoms with van der Waals surface area (Å²) in [5.41, 5.74) is 0. The summed E-state index contributed by atoms with van der Waals surface area (Å²) in [7, 11) is 0. The van der Waals surface area contributed by atoms with Crippen LogP contribution in [0.5, 0.6) is 0 Å². The summed E-state index contributed by atoms with van der Waals surface area (Å²) in [6.45, 7) is 0. The molecule has 3 aliphatic rings. The predicted octanol–water partition coefficient (Wildman–Crippen LogP) is 2.42. The first kappa shape index (κ1) is 5.40. The monoisotopic (exact) mass is 133 g/mol. The van der Waals surface area contributed by atoms with E-state index in [4.69, 9.17) is 0 Å². The van der Waals surface area contributed by atoms with Crippen LogP contribution in [0, 0.1) is 30.1 Å². The molecule has 0 N–H and O–H groups in total. The van der Waals surface area contributed by atoms with Gasteiger partial charge in [0, 0.05) is 0 Å². The van der Waals surface area contributed by atoms with Gasteiger partial charge in [0.2, 0.25) is 0 Å². The molecule has 0 amide bonds. The molecule has 0 heterocycles. The van der Waals surface area contributed by atoms with E-state index >= 15 is 0 Å². The minimum Gasteiger partial charge on any atom is -0.0848 e. The molecule has 0 aromatic heterocycles. The maximum atomic E-state index is 2.57. The fourth-order valence-corrected chi connectivity index (χ4v) is 3.20. The molecule has 53 valence electrons. The van der Waals surface area contributed by atoms with Crippen molar-refractivity contribution in [3.8, 4) is 0 Å². The minimum absolute atomic E-state index is 0.956. The molecule has 0 aliphatic heterocycles. The third-order valence-electron chi connectivity index (χ3n) is 3.63. The van der Waals surface area contributed by atoms with Gasteiger partial charge in [0.05, 0.1) is 0 Å². The van der Waals surface area contributed by atoms with Gasteiger partial charge in [-0.1, -0.05) is 12.2 Å². The third kappa shape index (κ3) is 0.492. The Morgan fingerprint density at radius 2 is 2.00 bits per heavy atom. The van der Waals surface area contributed by atoms with Gasteiger partial charge in [-0.2, -0.15) is 0 Å². The van der Waals surface area contributed by atoms with Crippen molar-refractivity contribution in [3.05, 3.63) is 18.6 Å². The fraction of sp³-hybridized carbons (Fsp3) is 0.700. The molecule has 0 heteroatoms. The van der Waals surface area contributed by atoms with E-state index in [1.54, 1.807) is 0 Å². The van der Waals surface area contributed by atoms with Crippen molar-refractivity contribution in [2.45, 2.75) is 19.3 Å². The van der Waals surface area contributed by atoms with Crippen molar-refractivity contribution in [1.29, 1.82) is 0 Å². The molecule has 0 nitrogen and oxygen atoms in total. The Morgan fingerprint density at radius 3 is 2.90 bits per heavy atom. The molecule has 2 fully saturated rings. The van der Waals surface area contributed by atoms with Crippen LogP contribution in [-0.2, 0) is 0 Å². The van der Waals surface area contributed by atoms with Crippen molar-refractivity contribution in [2.24, 2.45) is 23.7 Å². The number of hydrogen-bond donors (Lipinski definition) is 0. The van der Waals surface area contributed by atoms with Gasteiger partial charge in [-0.05, 0) is 49.4 Å². The average Bonchev–Trinajstić information content (AvgIpc) is 2.60. The van der Waals surface area contributed by atoms with Gasteiger partial charge in [-0.25, -0.2) is 0 Å². The summed E-state index contributed by atoms with van der Waals surface area (Å²) in [5, 5.41) is 0. The quantitative estimate of drug-likeness (QED) is 0.445. The highest BCUT2D eigenvalue weighted by atomic mass is 14.5. The van der Waals surface area contributed by atoms with E-state index in [0.29, 0.717) is 0 Å². The van der Waals surface area contributed by atoms with Crippen LogP contribution >= 0.6 is 0 Å². The first-order chi connectivity index (χ1) is 4.95. The summed E-state index contributed by atoms with van der Waals surface area (Å²) < 4.78 is 0. The van der Waals surface area contributed by atoms with Gasteiger partial charge in [0.15, 0.2) is 0 Å². The third-order valence-corrected chi connectivity index (χ3v) is 3.63. The van der Waals surface area contributed by atoms with Crippen LogP contribution in [0.4, 0.5) is 0 Å². The molecule has 0 aromatic rings. The molecule has 4 atom stereocenters. The summed E-state index contributed by atoms with van der Waals surface area (Å²) in [5.74, 6) is 4.00. The van der Waals surface area contributed by atoms with Gasteiger partial charge >= 0.3 is 0 Å². The van der Waals surface area contributed by atoms with Gasteiger partial charge < -0.3 is 0 Å². The molecule has 2 saturated carbocycles. The lowest BCUT2D eigenvalue weighted by Crippen LogP contribution is -2.12. The first-order valence-electron chi connectivity index (χ1n) is 4.47.